The van der Waals surface area contributed by atoms with Crippen molar-refractivity contribution in [2.75, 3.05) is 13.6 Å². The van der Waals surface area contributed by atoms with Crippen LogP contribution in [0.1, 0.15) is 17.5 Å². The first-order valence-electron chi connectivity index (χ1n) is 5.14. The van der Waals surface area contributed by atoms with E-state index in [0.29, 0.717) is 13.1 Å². The summed E-state index contributed by atoms with van der Waals surface area (Å²) in [6.07, 6.45) is 0.153. The van der Waals surface area contributed by atoms with E-state index in [1.807, 2.05) is 37.1 Å². The third kappa shape index (κ3) is 4.21. The van der Waals surface area contributed by atoms with Gasteiger partial charge in [-0.1, -0.05) is 23.7 Å². The third-order valence-corrected chi connectivity index (χ3v) is 2.71. The third-order valence-electron chi connectivity index (χ3n) is 2.36. The Morgan fingerprint density at radius 1 is 1.50 bits per heavy atom. The van der Waals surface area contributed by atoms with Crippen molar-refractivity contribution in [1.29, 1.82) is 0 Å². The van der Waals surface area contributed by atoms with Crippen molar-refractivity contribution in [1.82, 2.24) is 4.90 Å². The zero-order chi connectivity index (χ0) is 12.1. The average Bonchev–Trinajstić information content (AvgIpc) is 2.19. The van der Waals surface area contributed by atoms with E-state index in [2.05, 4.69) is 0 Å². The number of rotatable bonds is 5. The number of hydrogen-bond acceptors (Lipinski definition) is 2. The van der Waals surface area contributed by atoms with Crippen molar-refractivity contribution < 1.29 is 9.90 Å². The topological polar surface area (TPSA) is 40.5 Å². The first-order chi connectivity index (χ1) is 7.49. The molecule has 1 aromatic rings. The molecule has 0 saturated carbocycles. The lowest BCUT2D eigenvalue weighted by Gasteiger charge is -2.16. The summed E-state index contributed by atoms with van der Waals surface area (Å²) in [7, 11) is 1.89. The minimum absolute atomic E-state index is 0.153. The summed E-state index contributed by atoms with van der Waals surface area (Å²) in [6.45, 7) is 3.19. The van der Waals surface area contributed by atoms with Crippen molar-refractivity contribution >= 4 is 17.6 Å². The van der Waals surface area contributed by atoms with Crippen molar-refractivity contribution in [3.8, 4) is 0 Å². The summed E-state index contributed by atoms with van der Waals surface area (Å²) in [5.41, 5.74) is 2.15. The Morgan fingerprint density at radius 2 is 2.19 bits per heavy atom. The van der Waals surface area contributed by atoms with Crippen LogP contribution in [0.2, 0.25) is 5.02 Å². The summed E-state index contributed by atoms with van der Waals surface area (Å²) < 4.78 is 0. The molecule has 0 atom stereocenters. The number of halogens is 1. The van der Waals surface area contributed by atoms with Gasteiger partial charge in [-0.15, -0.1) is 0 Å². The molecule has 0 unspecified atom stereocenters. The fourth-order valence-electron chi connectivity index (χ4n) is 1.44. The molecule has 0 spiro atoms. The van der Waals surface area contributed by atoms with Gasteiger partial charge < -0.3 is 10.0 Å². The maximum absolute atomic E-state index is 10.4. The van der Waals surface area contributed by atoms with E-state index in [1.165, 1.54) is 0 Å². The quantitative estimate of drug-likeness (QED) is 0.861. The standard InChI is InChI=1S/C12H16ClNO2/c1-9-3-4-10(11(13)7-9)8-14(2)6-5-12(15)16/h3-4,7H,5-6,8H2,1-2H3,(H,15,16). The van der Waals surface area contributed by atoms with Crippen LogP contribution in [0.3, 0.4) is 0 Å². The number of carbonyl (C=O) groups is 1. The molecule has 0 heterocycles. The molecule has 1 N–H and O–H groups in total. The molecule has 0 aromatic heterocycles. The molecule has 0 radical (unpaired) electrons. The Bertz CT molecular complexity index is 379. The van der Waals surface area contributed by atoms with Crippen LogP contribution < -0.4 is 0 Å². The number of aryl methyl sites for hydroxylation is 1. The van der Waals surface area contributed by atoms with Gasteiger partial charge in [0.15, 0.2) is 0 Å². The Kier molecular flexibility index (Phi) is 4.77. The molecule has 0 aliphatic rings. The van der Waals surface area contributed by atoms with Gasteiger partial charge in [-0.25, -0.2) is 0 Å². The molecule has 4 heteroatoms. The van der Waals surface area contributed by atoms with Crippen molar-refractivity contribution in [2.45, 2.75) is 19.9 Å². The van der Waals surface area contributed by atoms with E-state index >= 15 is 0 Å². The summed E-state index contributed by atoms with van der Waals surface area (Å²) in [6, 6.07) is 5.91. The zero-order valence-electron chi connectivity index (χ0n) is 9.53. The summed E-state index contributed by atoms with van der Waals surface area (Å²) in [4.78, 5) is 12.4. The summed E-state index contributed by atoms with van der Waals surface area (Å²) in [5, 5.41) is 9.30. The van der Waals surface area contributed by atoms with E-state index in [4.69, 9.17) is 16.7 Å². The van der Waals surface area contributed by atoms with E-state index in [-0.39, 0.29) is 6.42 Å². The fourth-order valence-corrected chi connectivity index (χ4v) is 1.73. The van der Waals surface area contributed by atoms with Crippen LogP contribution in [0.5, 0.6) is 0 Å². The van der Waals surface area contributed by atoms with Crippen LogP contribution in [0.4, 0.5) is 0 Å². The Morgan fingerprint density at radius 3 is 2.75 bits per heavy atom. The predicted molar refractivity (Wildman–Crippen MR) is 64.8 cm³/mol. The summed E-state index contributed by atoms with van der Waals surface area (Å²) in [5.74, 6) is -0.776. The normalized spacial score (nSPS) is 10.8. The number of hydrogen-bond donors (Lipinski definition) is 1. The zero-order valence-corrected chi connectivity index (χ0v) is 10.3. The minimum Gasteiger partial charge on any atom is -0.481 e. The van der Waals surface area contributed by atoms with Gasteiger partial charge in [-0.05, 0) is 31.2 Å². The van der Waals surface area contributed by atoms with Gasteiger partial charge in [-0.2, -0.15) is 0 Å². The Balaban J connectivity index is 2.55. The smallest absolute Gasteiger partial charge is 0.304 e. The Labute approximate surface area is 101 Å². The van der Waals surface area contributed by atoms with Crippen molar-refractivity contribution in [2.24, 2.45) is 0 Å². The second-order valence-corrected chi connectivity index (χ2v) is 4.38. The lowest BCUT2D eigenvalue weighted by Crippen LogP contribution is -2.21. The van der Waals surface area contributed by atoms with E-state index in [9.17, 15) is 4.79 Å². The molecular weight excluding hydrogens is 226 g/mol. The molecule has 0 fully saturated rings. The van der Waals surface area contributed by atoms with Gasteiger partial charge in [0.1, 0.15) is 0 Å². The SMILES string of the molecule is Cc1ccc(CN(C)CCC(=O)O)c(Cl)c1. The molecule has 0 saturated heterocycles. The number of carboxylic acids is 1. The molecule has 0 bridgehead atoms. The van der Waals surface area contributed by atoms with Crippen LogP contribution in [-0.4, -0.2) is 29.6 Å². The van der Waals surface area contributed by atoms with Gasteiger partial charge in [0.2, 0.25) is 0 Å². The number of nitrogens with zero attached hydrogens (tertiary/aromatic N) is 1. The molecular formula is C12H16ClNO2. The fraction of sp³-hybridized carbons (Fsp3) is 0.417. The molecule has 3 nitrogen and oxygen atoms in total. The molecule has 0 aliphatic heterocycles. The van der Waals surface area contributed by atoms with Gasteiger partial charge >= 0.3 is 5.97 Å². The second kappa shape index (κ2) is 5.87. The maximum Gasteiger partial charge on any atom is 0.304 e. The predicted octanol–water partition coefficient (Wildman–Crippen LogP) is 2.55. The van der Waals surface area contributed by atoms with E-state index < -0.39 is 5.97 Å². The van der Waals surface area contributed by atoms with Crippen molar-refractivity contribution in [3.05, 3.63) is 34.3 Å². The molecule has 16 heavy (non-hydrogen) atoms. The molecule has 88 valence electrons. The highest BCUT2D eigenvalue weighted by molar-refractivity contribution is 6.31. The van der Waals surface area contributed by atoms with Crippen LogP contribution in [0.15, 0.2) is 18.2 Å². The monoisotopic (exact) mass is 241 g/mol. The van der Waals surface area contributed by atoms with E-state index in [0.717, 1.165) is 16.1 Å². The number of carboxylic acid groups (broad SMARTS) is 1. The van der Waals surface area contributed by atoms with Gasteiger partial charge in [0.25, 0.3) is 0 Å². The Hall–Kier alpha value is -1.06. The first kappa shape index (κ1) is 13.0. The molecule has 0 aliphatic carbocycles. The molecule has 1 rings (SSSR count). The highest BCUT2D eigenvalue weighted by Crippen LogP contribution is 2.18. The maximum atomic E-state index is 10.4. The number of benzene rings is 1. The van der Waals surface area contributed by atoms with Gasteiger partial charge in [0, 0.05) is 18.1 Å². The lowest BCUT2D eigenvalue weighted by molar-refractivity contribution is -0.137. The minimum atomic E-state index is -0.776. The van der Waals surface area contributed by atoms with Crippen LogP contribution >= 0.6 is 11.6 Å². The van der Waals surface area contributed by atoms with E-state index in [1.54, 1.807) is 0 Å². The molecule has 0 amide bonds. The van der Waals surface area contributed by atoms with Crippen LogP contribution in [0, 0.1) is 6.92 Å². The second-order valence-electron chi connectivity index (χ2n) is 3.98. The lowest BCUT2D eigenvalue weighted by atomic mass is 10.1. The van der Waals surface area contributed by atoms with Gasteiger partial charge in [-0.3, -0.25) is 4.79 Å². The largest absolute Gasteiger partial charge is 0.481 e. The van der Waals surface area contributed by atoms with Crippen LogP contribution in [0.25, 0.3) is 0 Å². The van der Waals surface area contributed by atoms with Crippen molar-refractivity contribution in [3.63, 3.8) is 0 Å². The molecule has 1 aromatic carbocycles. The van der Waals surface area contributed by atoms with Gasteiger partial charge in [0.05, 0.1) is 6.42 Å². The highest BCUT2D eigenvalue weighted by Gasteiger charge is 2.06. The number of aliphatic carboxylic acids is 1. The highest BCUT2D eigenvalue weighted by atomic mass is 35.5. The van der Waals surface area contributed by atoms with Crippen LogP contribution in [-0.2, 0) is 11.3 Å². The summed E-state index contributed by atoms with van der Waals surface area (Å²) >= 11 is 6.09. The average molecular weight is 242 g/mol. The first-order valence-corrected chi connectivity index (χ1v) is 5.52.